The van der Waals surface area contributed by atoms with Gasteiger partial charge in [-0.15, -0.1) is 0 Å². The first kappa shape index (κ1) is 63.0. The minimum atomic E-state index is -1.84. The fraction of sp³-hybridized carbons (Fsp3) is 0.662. The number of hydrogen-bond acceptors (Lipinski definition) is 17. The zero-order valence-electron chi connectivity index (χ0n) is 50.2. The Hall–Kier alpha value is -4.54. The summed E-state index contributed by atoms with van der Waals surface area (Å²) in [5.74, 6) is -0.912. The van der Waals surface area contributed by atoms with Crippen LogP contribution in [0.25, 0.3) is 6.08 Å². The molecule has 83 heavy (non-hydrogen) atoms. The third-order valence-electron chi connectivity index (χ3n) is 18.2. The van der Waals surface area contributed by atoms with Crippen LogP contribution in [0.1, 0.15) is 119 Å². The maximum atomic E-state index is 14.3. The Bertz CT molecular complexity index is 2610. The number of amides is 1. The minimum Gasteiger partial charge on any atom is -0.462 e. The van der Waals surface area contributed by atoms with Crippen LogP contribution in [-0.4, -0.2) is 170 Å². The van der Waals surface area contributed by atoms with Crippen molar-refractivity contribution in [3.8, 4) is 11.5 Å². The maximum absolute atomic E-state index is 14.3. The first-order chi connectivity index (χ1) is 39.8. The SMILES string of the molecule is CCC(C)C1OC2(C=CC1C)CC1CC(CC=C(C)C(OC3CC(OC)C(OC4CC(OC)C(O)C(C)O4)C(C)O3)C(C)C=CC=C3COC4C(O)C(C)=CC(C(=O)O1)C34O)O2.O=C(C=CC=Cc1ccc2c(c1)OCO2)N1CCCCC1. The molecule has 1 spiro atoms. The molecule has 0 saturated carbocycles. The number of likely N-dealkylation sites (tertiary alicyclic amines) is 1. The second-order valence-electron chi connectivity index (χ2n) is 24.2. The lowest BCUT2D eigenvalue weighted by molar-refractivity contribution is -0.318. The van der Waals surface area contributed by atoms with E-state index in [0.717, 1.165) is 55.0 Å². The third kappa shape index (κ3) is 14.5. The molecule has 1 aliphatic carbocycles. The monoisotopic (exact) mass is 1160 g/mol. The van der Waals surface area contributed by atoms with Crippen molar-refractivity contribution in [1.82, 2.24) is 4.90 Å². The number of esters is 1. The number of allylic oxidation sites excluding steroid dienone is 4. The van der Waals surface area contributed by atoms with Gasteiger partial charge in [-0.2, -0.15) is 0 Å². The van der Waals surface area contributed by atoms with E-state index in [2.05, 4.69) is 39.8 Å². The Labute approximate surface area is 490 Å². The molecular formula is C65H91NO17. The summed E-state index contributed by atoms with van der Waals surface area (Å²) >= 11 is 0. The summed E-state index contributed by atoms with van der Waals surface area (Å²) in [7, 11) is 3.22. The molecule has 1 aromatic rings. The van der Waals surface area contributed by atoms with Gasteiger partial charge in [0.25, 0.3) is 0 Å². The molecule has 5 saturated heterocycles. The van der Waals surface area contributed by atoms with E-state index in [1.807, 2.05) is 67.3 Å². The zero-order chi connectivity index (χ0) is 59.2. The fourth-order valence-corrected chi connectivity index (χ4v) is 13.1. The zero-order valence-corrected chi connectivity index (χ0v) is 50.2. The Balaban J connectivity index is 0.000000328. The standard InChI is InChI=1S/C48H72O14.C17H19NO3/c1-11-25(2)43-28(5)17-18-47(62-43)23-34-20-33(61-47)16-15-27(4)42(26(3)13-12-14-32-24-55-45-40(49)29(6)19-35(46(51)58-34)48(32,45)52)59-39-22-37(54-10)44(31(8)57-39)60-38-21-36(53-9)41(50)30(7)56-38;19-17(18-10-4-1-5-11-18)7-3-2-6-14-8-9-15-16(12-14)21-13-20-15/h12-15,17-19,25-26,28,30-31,33-45,49-50,52H,11,16,20-24H2,1-10H3;2-3,6-9,12H,1,4-5,10-11,13H2. The molecule has 2 bridgehead atoms. The van der Waals surface area contributed by atoms with Crippen LogP contribution in [-0.2, 0) is 57.0 Å². The van der Waals surface area contributed by atoms with E-state index >= 15 is 0 Å². The number of methoxy groups -OCH3 is 2. The van der Waals surface area contributed by atoms with Crippen LogP contribution in [0.3, 0.4) is 0 Å². The summed E-state index contributed by atoms with van der Waals surface area (Å²) in [6.07, 6.45) is 19.3. The number of carbonyl (C=O) groups is 2. The number of aliphatic hydroxyl groups excluding tert-OH is 2. The molecule has 0 aromatic heterocycles. The van der Waals surface area contributed by atoms with E-state index in [-0.39, 0.29) is 55.4 Å². The van der Waals surface area contributed by atoms with E-state index in [0.29, 0.717) is 43.3 Å². The second kappa shape index (κ2) is 27.9. The highest BCUT2D eigenvalue weighted by Gasteiger charge is 2.60. The summed E-state index contributed by atoms with van der Waals surface area (Å²) in [5.41, 5.74) is 1.16. The number of aliphatic hydroxyl groups is 3. The third-order valence-corrected chi connectivity index (χ3v) is 18.2. The Morgan fingerprint density at radius 1 is 0.867 bits per heavy atom. The second-order valence-corrected chi connectivity index (χ2v) is 24.2. The van der Waals surface area contributed by atoms with E-state index < -0.39 is 90.8 Å². The van der Waals surface area contributed by atoms with Crippen LogP contribution < -0.4 is 9.47 Å². The lowest BCUT2D eigenvalue weighted by atomic mass is 9.71. The van der Waals surface area contributed by atoms with Crippen LogP contribution in [0.5, 0.6) is 11.5 Å². The fourth-order valence-electron chi connectivity index (χ4n) is 13.1. The molecule has 9 aliphatic rings. The van der Waals surface area contributed by atoms with Crippen molar-refractivity contribution < 1.29 is 81.8 Å². The molecule has 8 aliphatic heterocycles. The van der Waals surface area contributed by atoms with Crippen molar-refractivity contribution in [3.63, 3.8) is 0 Å². The molecular weight excluding hydrogens is 1070 g/mol. The van der Waals surface area contributed by atoms with Gasteiger partial charge in [-0.1, -0.05) is 94.9 Å². The number of benzene rings is 1. The van der Waals surface area contributed by atoms with Gasteiger partial charge in [0.15, 0.2) is 29.9 Å². The molecule has 458 valence electrons. The lowest BCUT2D eigenvalue weighted by Gasteiger charge is -2.48. The van der Waals surface area contributed by atoms with Crippen molar-refractivity contribution in [2.75, 3.05) is 40.7 Å². The number of piperidine rings is 1. The molecule has 1 amide bonds. The van der Waals surface area contributed by atoms with Crippen molar-refractivity contribution >= 4 is 18.0 Å². The quantitative estimate of drug-likeness (QED) is 0.0823. The topological polar surface area (TPSA) is 209 Å². The summed E-state index contributed by atoms with van der Waals surface area (Å²) in [5, 5.41) is 34.2. The van der Waals surface area contributed by atoms with E-state index in [9.17, 15) is 24.9 Å². The summed E-state index contributed by atoms with van der Waals surface area (Å²) < 4.78 is 74.3. The number of ether oxygens (including phenoxy) is 12. The van der Waals surface area contributed by atoms with Gasteiger partial charge < -0.3 is 77.1 Å². The number of carbonyl (C=O) groups excluding carboxylic acids is 2. The van der Waals surface area contributed by atoms with Gasteiger partial charge in [0.05, 0.1) is 49.3 Å². The highest BCUT2D eigenvalue weighted by molar-refractivity contribution is 5.88. The molecule has 8 heterocycles. The molecule has 3 N–H and O–H groups in total. The van der Waals surface area contributed by atoms with E-state index in [1.165, 1.54) is 6.42 Å². The summed E-state index contributed by atoms with van der Waals surface area (Å²) in [6, 6.07) is 5.79. The van der Waals surface area contributed by atoms with Crippen molar-refractivity contribution in [1.29, 1.82) is 0 Å². The first-order valence-corrected chi connectivity index (χ1v) is 30.2. The van der Waals surface area contributed by atoms with Gasteiger partial charge in [-0.25, -0.2) is 0 Å². The average molecular weight is 1160 g/mol. The van der Waals surface area contributed by atoms with Crippen molar-refractivity contribution in [2.24, 2.45) is 23.7 Å². The van der Waals surface area contributed by atoms with Gasteiger partial charge in [-0.05, 0) is 99.8 Å². The molecule has 5 fully saturated rings. The predicted octanol–water partition coefficient (Wildman–Crippen LogP) is 8.37. The predicted molar refractivity (Wildman–Crippen MR) is 308 cm³/mol. The summed E-state index contributed by atoms with van der Waals surface area (Å²) in [4.78, 5) is 28.2. The summed E-state index contributed by atoms with van der Waals surface area (Å²) in [6.45, 7) is 18.1. The normalized spacial score (nSPS) is 39.6. The molecule has 1 aromatic carbocycles. The Kier molecular flexibility index (Phi) is 21.1. The van der Waals surface area contributed by atoms with Crippen LogP contribution in [0.15, 0.2) is 95.7 Å². The van der Waals surface area contributed by atoms with Gasteiger partial charge >= 0.3 is 5.97 Å². The smallest absolute Gasteiger partial charge is 0.316 e. The molecule has 10 rings (SSSR count). The van der Waals surface area contributed by atoms with Gasteiger partial charge in [-0.3, -0.25) is 9.59 Å². The van der Waals surface area contributed by atoms with Crippen LogP contribution >= 0.6 is 0 Å². The highest BCUT2D eigenvalue weighted by Crippen LogP contribution is 2.47. The van der Waals surface area contributed by atoms with E-state index in [1.54, 1.807) is 52.4 Å². The van der Waals surface area contributed by atoms with E-state index in [4.69, 9.17) is 56.8 Å². The minimum absolute atomic E-state index is 0.0317. The van der Waals surface area contributed by atoms with Crippen LogP contribution in [0.4, 0.5) is 0 Å². The average Bonchev–Trinajstić information content (AvgIpc) is 3.72. The van der Waals surface area contributed by atoms with Gasteiger partial charge in [0.2, 0.25) is 12.7 Å². The van der Waals surface area contributed by atoms with Gasteiger partial charge in [0, 0.05) is 70.9 Å². The lowest BCUT2D eigenvalue weighted by Crippen LogP contribution is -2.58. The molecule has 18 heteroatoms. The number of fused-ring (bicyclic) bond motifs is 3. The Morgan fingerprint density at radius 2 is 1.60 bits per heavy atom. The molecule has 18 nitrogen and oxygen atoms in total. The maximum Gasteiger partial charge on any atom is 0.316 e. The molecule has 20 atom stereocenters. The number of nitrogens with zero attached hydrogens (tertiary/aromatic N) is 1. The Morgan fingerprint density at radius 3 is 2.36 bits per heavy atom. The van der Waals surface area contributed by atoms with Crippen LogP contribution in [0.2, 0.25) is 0 Å². The first-order valence-electron chi connectivity index (χ1n) is 30.2. The van der Waals surface area contributed by atoms with Crippen molar-refractivity contribution in [2.45, 2.75) is 210 Å². The van der Waals surface area contributed by atoms with Crippen molar-refractivity contribution in [3.05, 3.63) is 101 Å². The van der Waals surface area contributed by atoms with Gasteiger partial charge in [0.1, 0.15) is 42.0 Å². The van der Waals surface area contributed by atoms with Crippen LogP contribution in [0, 0.1) is 23.7 Å². The molecule has 0 radical (unpaired) electrons. The number of hydrogen-bond donors (Lipinski definition) is 3. The highest BCUT2D eigenvalue weighted by atomic mass is 16.7. The number of rotatable bonds is 11. The largest absolute Gasteiger partial charge is 0.462 e. The molecule has 20 unspecified atom stereocenters.